The van der Waals surface area contributed by atoms with E-state index in [9.17, 15) is 10.1 Å². The lowest BCUT2D eigenvalue weighted by Crippen LogP contribution is -1.98. The van der Waals surface area contributed by atoms with Gasteiger partial charge in [0.15, 0.2) is 0 Å². The van der Waals surface area contributed by atoms with E-state index < -0.39 is 0 Å². The third kappa shape index (κ3) is 3.82. The lowest BCUT2D eigenvalue weighted by Gasteiger charge is -2.09. The molecule has 0 spiro atoms. The van der Waals surface area contributed by atoms with Crippen LogP contribution in [0.15, 0.2) is 54.6 Å². The number of non-ortho nitro benzene ring substituents is 1. The molecule has 1 heterocycles. The zero-order valence-electron chi connectivity index (χ0n) is 13.9. The average molecular weight is 444 g/mol. The second-order valence-electron chi connectivity index (χ2n) is 5.82. The summed E-state index contributed by atoms with van der Waals surface area (Å²) < 4.78 is 3.41. The number of halogens is 1. The van der Waals surface area contributed by atoms with Crippen LogP contribution in [0.2, 0.25) is 0 Å². The number of nitro groups is 1. The Morgan fingerprint density at radius 1 is 1.04 bits per heavy atom. The van der Waals surface area contributed by atoms with Crippen molar-refractivity contribution in [3.05, 3.63) is 90.8 Å². The molecule has 0 saturated carbocycles. The average Bonchev–Trinajstić information content (AvgIpc) is 2.88. The lowest BCUT2D eigenvalue weighted by atomic mass is 10.1. The number of benzene rings is 2. The molecule has 0 radical (unpaired) electrons. The normalized spacial score (nSPS) is 11.2. The van der Waals surface area contributed by atoms with Gasteiger partial charge in [0, 0.05) is 32.8 Å². The zero-order valence-corrected chi connectivity index (χ0v) is 16.1. The molecule has 25 heavy (non-hydrogen) atoms. The van der Waals surface area contributed by atoms with Crippen molar-refractivity contribution in [2.75, 3.05) is 0 Å². The molecule has 3 aromatic rings. The number of nitro benzene ring substituents is 1. The van der Waals surface area contributed by atoms with Crippen molar-refractivity contribution in [3.8, 4) is 5.69 Å². The molecule has 1 aromatic heterocycles. The quantitative estimate of drug-likeness (QED) is 0.291. The molecule has 0 atom stereocenters. The molecule has 4 nitrogen and oxygen atoms in total. The molecule has 0 bridgehead atoms. The van der Waals surface area contributed by atoms with Crippen molar-refractivity contribution < 1.29 is 4.92 Å². The minimum atomic E-state index is -0.375. The molecule has 0 aliphatic heterocycles. The van der Waals surface area contributed by atoms with E-state index in [1.807, 2.05) is 18.2 Å². The number of nitrogens with zero attached hydrogens (tertiary/aromatic N) is 2. The van der Waals surface area contributed by atoms with Gasteiger partial charge in [-0.25, -0.2) is 0 Å². The van der Waals surface area contributed by atoms with E-state index in [2.05, 4.69) is 71.3 Å². The van der Waals surface area contributed by atoms with E-state index in [1.54, 1.807) is 12.1 Å². The second kappa shape index (κ2) is 7.23. The van der Waals surface area contributed by atoms with Gasteiger partial charge in [-0.15, -0.1) is 0 Å². The molecule has 0 fully saturated rings. The third-order valence-electron chi connectivity index (χ3n) is 4.09. The van der Waals surface area contributed by atoms with E-state index in [1.165, 1.54) is 9.64 Å². The Bertz CT molecular complexity index is 956. The minimum Gasteiger partial charge on any atom is -0.318 e. The Balaban J connectivity index is 1.94. The van der Waals surface area contributed by atoms with Crippen molar-refractivity contribution in [2.45, 2.75) is 13.8 Å². The van der Waals surface area contributed by atoms with Gasteiger partial charge in [0.05, 0.1) is 4.92 Å². The highest BCUT2D eigenvalue weighted by atomic mass is 127. The molecule has 2 aromatic carbocycles. The van der Waals surface area contributed by atoms with Crippen LogP contribution in [0, 0.1) is 27.5 Å². The Kier molecular flexibility index (Phi) is 5.03. The maximum Gasteiger partial charge on any atom is 0.270 e. The van der Waals surface area contributed by atoms with Crippen LogP contribution >= 0.6 is 22.6 Å². The number of hydrogen-bond acceptors (Lipinski definition) is 2. The first-order valence-corrected chi connectivity index (χ1v) is 8.91. The molecule has 0 unspecified atom stereocenters. The number of aryl methyl sites for hydroxylation is 1. The van der Waals surface area contributed by atoms with Gasteiger partial charge in [-0.2, -0.15) is 0 Å². The first-order valence-electron chi connectivity index (χ1n) is 7.83. The fourth-order valence-electron chi connectivity index (χ4n) is 2.87. The fraction of sp³-hybridized carbons (Fsp3) is 0.100. The summed E-state index contributed by atoms with van der Waals surface area (Å²) in [4.78, 5) is 10.5. The molecule has 3 rings (SSSR count). The number of aromatic nitrogens is 1. The molecule has 126 valence electrons. The molecular weight excluding hydrogens is 427 g/mol. The van der Waals surface area contributed by atoms with E-state index in [4.69, 9.17) is 0 Å². The Morgan fingerprint density at radius 2 is 1.76 bits per heavy atom. The van der Waals surface area contributed by atoms with Crippen LogP contribution in [0.4, 0.5) is 5.69 Å². The maximum absolute atomic E-state index is 10.9. The Hall–Kier alpha value is -2.41. The molecular formula is C20H17IN2O2. The van der Waals surface area contributed by atoms with Crippen LogP contribution in [0.1, 0.15) is 22.5 Å². The predicted molar refractivity (Wildman–Crippen MR) is 110 cm³/mol. The van der Waals surface area contributed by atoms with Crippen LogP contribution in [0.3, 0.4) is 0 Å². The van der Waals surface area contributed by atoms with Gasteiger partial charge in [-0.1, -0.05) is 24.3 Å². The van der Waals surface area contributed by atoms with Gasteiger partial charge in [-0.05, 0) is 77.9 Å². The van der Waals surface area contributed by atoms with Crippen molar-refractivity contribution in [1.82, 2.24) is 4.57 Å². The van der Waals surface area contributed by atoms with Gasteiger partial charge in [0.2, 0.25) is 0 Å². The summed E-state index contributed by atoms with van der Waals surface area (Å²) in [5.74, 6) is 0. The van der Waals surface area contributed by atoms with Crippen LogP contribution in [-0.2, 0) is 0 Å². The van der Waals surface area contributed by atoms with Gasteiger partial charge in [-0.3, -0.25) is 10.1 Å². The Labute approximate surface area is 160 Å². The van der Waals surface area contributed by atoms with E-state index in [-0.39, 0.29) is 10.6 Å². The standard InChI is InChI=1S/C20H17IN2O2/c1-14-12-17(7-6-16-4-3-5-20(13-16)23(24)25)15(2)22(14)19-10-8-18(21)9-11-19/h3-13H,1-2H3/b7-6+. The monoisotopic (exact) mass is 444 g/mol. The molecule has 0 aliphatic rings. The maximum atomic E-state index is 10.9. The molecule has 0 aliphatic carbocycles. The van der Waals surface area contributed by atoms with Gasteiger partial charge in [0.1, 0.15) is 0 Å². The van der Waals surface area contributed by atoms with E-state index >= 15 is 0 Å². The lowest BCUT2D eigenvalue weighted by molar-refractivity contribution is -0.384. The molecule has 0 N–H and O–H groups in total. The number of hydrogen-bond donors (Lipinski definition) is 0. The summed E-state index contributed by atoms with van der Waals surface area (Å²) in [6.45, 7) is 4.16. The highest BCUT2D eigenvalue weighted by Gasteiger charge is 2.09. The summed E-state index contributed by atoms with van der Waals surface area (Å²) in [6, 6.07) is 17.2. The second-order valence-corrected chi connectivity index (χ2v) is 7.07. The third-order valence-corrected chi connectivity index (χ3v) is 4.81. The van der Waals surface area contributed by atoms with Crippen LogP contribution < -0.4 is 0 Å². The van der Waals surface area contributed by atoms with Crippen LogP contribution in [0.25, 0.3) is 17.8 Å². The summed E-state index contributed by atoms with van der Waals surface area (Å²) >= 11 is 2.30. The van der Waals surface area contributed by atoms with Crippen molar-refractivity contribution >= 4 is 40.4 Å². The minimum absolute atomic E-state index is 0.103. The summed E-state index contributed by atoms with van der Waals surface area (Å²) in [7, 11) is 0. The smallest absolute Gasteiger partial charge is 0.270 e. The number of rotatable bonds is 4. The van der Waals surface area contributed by atoms with E-state index in [0.717, 1.165) is 28.2 Å². The van der Waals surface area contributed by atoms with Gasteiger partial charge < -0.3 is 4.57 Å². The highest BCUT2D eigenvalue weighted by molar-refractivity contribution is 14.1. The highest BCUT2D eigenvalue weighted by Crippen LogP contribution is 2.23. The van der Waals surface area contributed by atoms with E-state index in [0.29, 0.717) is 0 Å². The Morgan fingerprint density at radius 3 is 2.44 bits per heavy atom. The summed E-state index contributed by atoms with van der Waals surface area (Å²) in [5, 5.41) is 10.9. The SMILES string of the molecule is Cc1cc(/C=C/c2cccc([N+](=O)[O-])c2)c(C)n1-c1ccc(I)cc1. The molecule has 0 amide bonds. The molecule has 5 heteroatoms. The zero-order chi connectivity index (χ0) is 18.0. The topological polar surface area (TPSA) is 48.1 Å². The first kappa shape index (κ1) is 17.4. The predicted octanol–water partition coefficient (Wildman–Crippen LogP) is 5.78. The van der Waals surface area contributed by atoms with Crippen molar-refractivity contribution in [3.63, 3.8) is 0 Å². The fourth-order valence-corrected chi connectivity index (χ4v) is 3.23. The first-order chi connectivity index (χ1) is 12.0. The molecule has 0 saturated heterocycles. The largest absolute Gasteiger partial charge is 0.318 e. The summed E-state index contributed by atoms with van der Waals surface area (Å²) in [6.07, 6.45) is 3.91. The van der Waals surface area contributed by atoms with Crippen molar-refractivity contribution in [2.24, 2.45) is 0 Å². The summed E-state index contributed by atoms with van der Waals surface area (Å²) in [5.41, 5.74) is 5.44. The van der Waals surface area contributed by atoms with Crippen LogP contribution in [0.5, 0.6) is 0 Å². The van der Waals surface area contributed by atoms with Crippen LogP contribution in [-0.4, -0.2) is 9.49 Å². The van der Waals surface area contributed by atoms with Crippen molar-refractivity contribution in [1.29, 1.82) is 0 Å². The van der Waals surface area contributed by atoms with Gasteiger partial charge >= 0.3 is 0 Å². The van der Waals surface area contributed by atoms with Gasteiger partial charge in [0.25, 0.3) is 5.69 Å².